The van der Waals surface area contributed by atoms with Gasteiger partial charge < -0.3 is 15.4 Å². The maximum atomic E-state index is 10.6. The van der Waals surface area contributed by atoms with Crippen LogP contribution in [0, 0.1) is 0 Å². The van der Waals surface area contributed by atoms with Crippen LogP contribution in [-0.4, -0.2) is 32.3 Å². The van der Waals surface area contributed by atoms with E-state index in [1.807, 2.05) is 0 Å². The normalized spacial score (nSPS) is 12.2. The van der Waals surface area contributed by atoms with Gasteiger partial charge in [0.1, 0.15) is 12.3 Å². The van der Waals surface area contributed by atoms with Crippen molar-refractivity contribution in [1.82, 2.24) is 10.6 Å². The van der Waals surface area contributed by atoms with Gasteiger partial charge >= 0.3 is 0 Å². The third-order valence-electron chi connectivity index (χ3n) is 0.976. The van der Waals surface area contributed by atoms with Gasteiger partial charge in [0.05, 0.1) is 0 Å². The molecule has 0 heterocycles. The average Bonchev–Trinajstić information content (AvgIpc) is 1.90. The van der Waals surface area contributed by atoms with Gasteiger partial charge in [-0.25, -0.2) is 0 Å². The Hall–Kier alpha value is -0.900. The van der Waals surface area contributed by atoms with Gasteiger partial charge in [-0.3, -0.25) is 4.79 Å². The highest BCUT2D eigenvalue weighted by atomic mass is 16.2. The molecule has 0 aromatic carbocycles. The average molecular weight is 130 g/mol. The van der Waals surface area contributed by atoms with Gasteiger partial charge in [-0.1, -0.05) is 0 Å². The largest absolute Gasteiger partial charge is 0.357 e. The van der Waals surface area contributed by atoms with E-state index in [2.05, 4.69) is 10.6 Å². The topological polar surface area (TPSA) is 58.2 Å². The highest BCUT2D eigenvalue weighted by Crippen LogP contribution is 1.73. The van der Waals surface area contributed by atoms with E-state index < -0.39 is 6.04 Å². The number of rotatable bonds is 3. The van der Waals surface area contributed by atoms with Crippen molar-refractivity contribution >= 4 is 12.2 Å². The summed E-state index contributed by atoms with van der Waals surface area (Å²) >= 11 is 0. The van der Waals surface area contributed by atoms with E-state index in [9.17, 15) is 9.59 Å². The predicted octanol–water partition coefficient (Wildman–Crippen LogP) is -1.48. The van der Waals surface area contributed by atoms with Gasteiger partial charge in [0.25, 0.3) is 0 Å². The fourth-order valence-corrected chi connectivity index (χ4v) is 0.416. The first-order chi connectivity index (χ1) is 4.26. The molecule has 2 N–H and O–H groups in total. The molecule has 0 aliphatic carbocycles. The summed E-state index contributed by atoms with van der Waals surface area (Å²) in [6.07, 6.45) is 0.554. The summed E-state index contributed by atoms with van der Waals surface area (Å²) in [6, 6.07) is -0.713. The zero-order valence-electron chi connectivity index (χ0n) is 5.47. The van der Waals surface area contributed by atoms with E-state index in [0.29, 0.717) is 6.29 Å². The van der Waals surface area contributed by atoms with Crippen LogP contribution in [0.2, 0.25) is 0 Å². The van der Waals surface area contributed by atoms with E-state index in [0.717, 1.165) is 0 Å². The fourth-order valence-electron chi connectivity index (χ4n) is 0.416. The number of nitrogens with one attached hydrogen (secondary N) is 2. The van der Waals surface area contributed by atoms with Gasteiger partial charge in [0.15, 0.2) is 0 Å². The lowest BCUT2D eigenvalue weighted by Crippen LogP contribution is -2.42. The number of likely N-dealkylation sites (N-methyl/N-ethyl adjacent to an activating group) is 2. The molecule has 1 unspecified atom stereocenters. The summed E-state index contributed by atoms with van der Waals surface area (Å²) in [5.74, 6) is -0.312. The van der Waals surface area contributed by atoms with Gasteiger partial charge in [-0.05, 0) is 7.05 Å². The van der Waals surface area contributed by atoms with Crippen LogP contribution >= 0.6 is 0 Å². The van der Waals surface area contributed by atoms with E-state index in [4.69, 9.17) is 0 Å². The number of carbonyl (C=O) groups is 2. The van der Waals surface area contributed by atoms with Crippen molar-refractivity contribution in [2.45, 2.75) is 6.04 Å². The third-order valence-corrected chi connectivity index (χ3v) is 0.976. The molecule has 0 aliphatic heterocycles. The Labute approximate surface area is 53.6 Å². The van der Waals surface area contributed by atoms with Crippen LogP contribution in [0.1, 0.15) is 0 Å². The van der Waals surface area contributed by atoms with Crippen molar-refractivity contribution < 1.29 is 9.59 Å². The fraction of sp³-hybridized carbons (Fsp3) is 0.600. The van der Waals surface area contributed by atoms with Crippen molar-refractivity contribution in [2.24, 2.45) is 0 Å². The zero-order chi connectivity index (χ0) is 7.28. The Bertz CT molecular complexity index is 114. The van der Waals surface area contributed by atoms with Gasteiger partial charge in [0, 0.05) is 7.05 Å². The molecule has 1 amide bonds. The first-order valence-electron chi connectivity index (χ1n) is 2.60. The van der Waals surface area contributed by atoms with Crippen molar-refractivity contribution in [3.05, 3.63) is 0 Å². The van der Waals surface area contributed by atoms with Crippen molar-refractivity contribution in [1.29, 1.82) is 0 Å². The van der Waals surface area contributed by atoms with Crippen molar-refractivity contribution in [2.75, 3.05) is 14.1 Å². The zero-order valence-corrected chi connectivity index (χ0v) is 5.47. The first kappa shape index (κ1) is 8.10. The molecule has 0 aliphatic rings. The smallest absolute Gasteiger partial charge is 0.244 e. The standard InChI is InChI=1S/C5H10N2O2/c1-6-4(3-8)5(9)7-2/h3-4,6H,1-2H3,(H,7,9). The highest BCUT2D eigenvalue weighted by Gasteiger charge is 2.11. The van der Waals surface area contributed by atoms with E-state index >= 15 is 0 Å². The Morgan fingerprint density at radius 3 is 2.22 bits per heavy atom. The lowest BCUT2D eigenvalue weighted by Gasteiger charge is -2.04. The Morgan fingerprint density at radius 1 is 1.56 bits per heavy atom. The number of hydrogen-bond donors (Lipinski definition) is 2. The quantitative estimate of drug-likeness (QED) is 0.362. The number of hydrogen-bond acceptors (Lipinski definition) is 3. The molecule has 0 bridgehead atoms. The maximum absolute atomic E-state index is 10.6. The lowest BCUT2D eigenvalue weighted by molar-refractivity contribution is -0.126. The number of aldehydes is 1. The molecule has 0 saturated heterocycles. The Morgan fingerprint density at radius 2 is 2.11 bits per heavy atom. The minimum absolute atomic E-state index is 0.312. The second-order valence-corrected chi connectivity index (χ2v) is 1.52. The van der Waals surface area contributed by atoms with E-state index in [1.165, 1.54) is 7.05 Å². The molecule has 52 valence electrons. The first-order valence-corrected chi connectivity index (χ1v) is 2.60. The van der Waals surface area contributed by atoms with Crippen LogP contribution < -0.4 is 10.6 Å². The van der Waals surface area contributed by atoms with E-state index in [-0.39, 0.29) is 5.91 Å². The third kappa shape index (κ3) is 2.23. The maximum Gasteiger partial charge on any atom is 0.244 e. The second-order valence-electron chi connectivity index (χ2n) is 1.52. The molecule has 4 nitrogen and oxygen atoms in total. The summed E-state index contributed by atoms with van der Waals surface area (Å²) in [6.45, 7) is 0. The molecular formula is C5H10N2O2. The van der Waals surface area contributed by atoms with Crippen LogP contribution in [0.4, 0.5) is 0 Å². The molecule has 0 aromatic rings. The summed E-state index contributed by atoms with van der Waals surface area (Å²) in [4.78, 5) is 20.6. The molecule has 0 aromatic heterocycles. The van der Waals surface area contributed by atoms with Gasteiger partial charge in [-0.2, -0.15) is 0 Å². The number of carbonyl (C=O) groups excluding carboxylic acids is 2. The van der Waals surface area contributed by atoms with Gasteiger partial charge in [0.2, 0.25) is 5.91 Å². The number of amides is 1. The predicted molar refractivity (Wildman–Crippen MR) is 33.0 cm³/mol. The van der Waals surface area contributed by atoms with Gasteiger partial charge in [-0.15, -0.1) is 0 Å². The minimum Gasteiger partial charge on any atom is -0.357 e. The Balaban J connectivity index is 3.78. The van der Waals surface area contributed by atoms with Crippen LogP contribution in [0.15, 0.2) is 0 Å². The van der Waals surface area contributed by atoms with Crippen LogP contribution in [0.25, 0.3) is 0 Å². The molecular weight excluding hydrogens is 120 g/mol. The van der Waals surface area contributed by atoms with Crippen LogP contribution in [-0.2, 0) is 9.59 Å². The summed E-state index contributed by atoms with van der Waals surface area (Å²) in [5, 5.41) is 4.86. The molecule has 0 saturated carbocycles. The second kappa shape index (κ2) is 4.03. The molecule has 4 heteroatoms. The molecule has 1 atom stereocenters. The van der Waals surface area contributed by atoms with E-state index in [1.54, 1.807) is 7.05 Å². The van der Waals surface area contributed by atoms with Crippen molar-refractivity contribution in [3.8, 4) is 0 Å². The molecule has 0 spiro atoms. The molecule has 9 heavy (non-hydrogen) atoms. The summed E-state index contributed by atoms with van der Waals surface area (Å²) in [5.41, 5.74) is 0. The summed E-state index contributed by atoms with van der Waals surface area (Å²) in [7, 11) is 3.03. The SMILES string of the molecule is CNC(=O)C(C=O)NC. The summed E-state index contributed by atoms with van der Waals surface area (Å²) < 4.78 is 0. The lowest BCUT2D eigenvalue weighted by atomic mass is 10.3. The minimum atomic E-state index is -0.713. The molecule has 0 rings (SSSR count). The Kier molecular flexibility index (Phi) is 3.62. The van der Waals surface area contributed by atoms with Crippen LogP contribution in [0.3, 0.4) is 0 Å². The van der Waals surface area contributed by atoms with Crippen LogP contribution in [0.5, 0.6) is 0 Å². The highest BCUT2D eigenvalue weighted by molar-refractivity contribution is 5.95. The molecule has 0 fully saturated rings. The van der Waals surface area contributed by atoms with Crippen molar-refractivity contribution in [3.63, 3.8) is 0 Å². The molecule has 0 radical (unpaired) electrons. The monoisotopic (exact) mass is 130 g/mol.